The standard InChI is InChI=1S/C36H53FN6O3.H2/c1-24(2)43(25(3)4)34(45)29-16-27(37)10-13-30(29)46-31-18-38-23-39-33(31)42-21-36(22-42)19-41(20-36)15-14-26-8-11-28(12-9-26)40-32(44)17-35(5,6)7;/h10,13,16,18,23-26,28H,8-9,11-12,14-15,17,19-22H2,1-7H3,(H,40,44);1H. The van der Waals surface area contributed by atoms with Crippen LogP contribution < -0.4 is 15.0 Å². The van der Waals surface area contributed by atoms with Gasteiger partial charge >= 0.3 is 0 Å². The van der Waals surface area contributed by atoms with Crippen LogP contribution in [0.2, 0.25) is 0 Å². The molecule has 1 spiro atoms. The molecule has 2 amide bonds. The summed E-state index contributed by atoms with van der Waals surface area (Å²) in [7, 11) is 0. The average molecular weight is 639 g/mol. The van der Waals surface area contributed by atoms with E-state index >= 15 is 0 Å². The predicted octanol–water partition coefficient (Wildman–Crippen LogP) is 6.54. The summed E-state index contributed by atoms with van der Waals surface area (Å²) in [4.78, 5) is 41.1. The Balaban J connectivity index is 0.00000500. The van der Waals surface area contributed by atoms with Gasteiger partial charge in [0, 0.05) is 57.6 Å². The molecule has 1 saturated carbocycles. The molecule has 9 nitrogen and oxygen atoms in total. The molecule has 0 atom stereocenters. The van der Waals surface area contributed by atoms with Crippen LogP contribution in [0.5, 0.6) is 11.5 Å². The van der Waals surface area contributed by atoms with E-state index in [0.29, 0.717) is 29.8 Å². The van der Waals surface area contributed by atoms with Crippen molar-refractivity contribution in [1.82, 2.24) is 25.1 Å². The number of halogens is 1. The minimum atomic E-state index is -0.486. The van der Waals surface area contributed by atoms with Crippen molar-refractivity contribution in [3.63, 3.8) is 0 Å². The van der Waals surface area contributed by atoms with Crippen molar-refractivity contribution >= 4 is 17.6 Å². The van der Waals surface area contributed by atoms with Crippen molar-refractivity contribution in [2.24, 2.45) is 16.7 Å². The number of aromatic nitrogens is 2. The van der Waals surface area contributed by atoms with Gasteiger partial charge in [-0.05, 0) is 95.9 Å². The van der Waals surface area contributed by atoms with Gasteiger partial charge < -0.3 is 24.8 Å². The molecule has 1 aromatic carbocycles. The van der Waals surface area contributed by atoms with E-state index < -0.39 is 5.82 Å². The maximum Gasteiger partial charge on any atom is 0.258 e. The first-order valence-corrected chi connectivity index (χ1v) is 17.1. The van der Waals surface area contributed by atoms with E-state index in [9.17, 15) is 14.0 Å². The van der Waals surface area contributed by atoms with Crippen LogP contribution in [0.15, 0.2) is 30.7 Å². The predicted molar refractivity (Wildman–Crippen MR) is 181 cm³/mol. The van der Waals surface area contributed by atoms with Crippen LogP contribution in [-0.4, -0.2) is 82.4 Å². The lowest BCUT2D eigenvalue weighted by atomic mass is 9.72. The van der Waals surface area contributed by atoms with Crippen LogP contribution in [0.25, 0.3) is 0 Å². The molecule has 254 valence electrons. The van der Waals surface area contributed by atoms with E-state index in [2.05, 4.69) is 45.9 Å². The quantitative estimate of drug-likeness (QED) is 0.299. The van der Waals surface area contributed by atoms with Crippen LogP contribution in [0.1, 0.15) is 98.8 Å². The fraction of sp³-hybridized carbons (Fsp3) is 0.667. The highest BCUT2D eigenvalue weighted by Gasteiger charge is 2.52. The minimum absolute atomic E-state index is 0. The number of nitrogens with one attached hydrogen (secondary N) is 1. The highest BCUT2D eigenvalue weighted by atomic mass is 19.1. The Morgan fingerprint density at radius 1 is 1.07 bits per heavy atom. The van der Waals surface area contributed by atoms with Gasteiger partial charge in [0.2, 0.25) is 5.91 Å². The zero-order chi connectivity index (χ0) is 33.2. The summed E-state index contributed by atoms with van der Waals surface area (Å²) in [6.07, 6.45) is 9.49. The summed E-state index contributed by atoms with van der Waals surface area (Å²) < 4.78 is 20.6. The van der Waals surface area contributed by atoms with Crippen LogP contribution >= 0.6 is 0 Å². The Morgan fingerprint density at radius 3 is 2.37 bits per heavy atom. The maximum absolute atomic E-state index is 14.3. The molecule has 1 N–H and O–H groups in total. The number of hydrogen-bond acceptors (Lipinski definition) is 7. The molecule has 1 aromatic heterocycles. The fourth-order valence-corrected chi connectivity index (χ4v) is 7.60. The molecule has 2 aliphatic heterocycles. The molecule has 46 heavy (non-hydrogen) atoms. The molecular formula is C36H55FN6O3. The molecule has 0 unspecified atom stereocenters. The Hall–Kier alpha value is -3.27. The number of nitrogens with zero attached hydrogens (tertiary/aromatic N) is 5. The second kappa shape index (κ2) is 13.8. The van der Waals surface area contributed by atoms with E-state index in [4.69, 9.17) is 4.74 Å². The summed E-state index contributed by atoms with van der Waals surface area (Å²) >= 11 is 0. The van der Waals surface area contributed by atoms with Crippen molar-refractivity contribution in [2.45, 2.75) is 105 Å². The number of benzene rings is 1. The monoisotopic (exact) mass is 638 g/mol. The highest BCUT2D eigenvalue weighted by molar-refractivity contribution is 5.97. The number of hydrogen-bond donors (Lipinski definition) is 1. The fourth-order valence-electron chi connectivity index (χ4n) is 7.60. The smallest absolute Gasteiger partial charge is 0.258 e. The minimum Gasteiger partial charge on any atom is -0.451 e. The van der Waals surface area contributed by atoms with Gasteiger partial charge in [-0.1, -0.05) is 20.8 Å². The zero-order valence-electron chi connectivity index (χ0n) is 28.8. The molecule has 3 aliphatic rings. The molecule has 0 bridgehead atoms. The Morgan fingerprint density at radius 2 is 1.74 bits per heavy atom. The molecule has 5 rings (SSSR count). The molecule has 1 aliphatic carbocycles. The van der Waals surface area contributed by atoms with Crippen molar-refractivity contribution in [2.75, 3.05) is 37.6 Å². The summed E-state index contributed by atoms with van der Waals surface area (Å²) in [6.45, 7) is 19.2. The molecule has 2 saturated heterocycles. The van der Waals surface area contributed by atoms with Gasteiger partial charge in [0.05, 0.1) is 11.8 Å². The number of likely N-dealkylation sites (tertiary alicyclic amines) is 1. The molecule has 3 heterocycles. The lowest BCUT2D eigenvalue weighted by molar-refractivity contribution is -0.123. The SMILES string of the molecule is CC(C)N(C(=O)c1cc(F)ccc1Oc1cncnc1N1CC2(CN(CCC3CCC(NC(=O)CC(C)(C)C)CC3)C2)C1)C(C)C.[HH]. The van der Waals surface area contributed by atoms with E-state index in [-0.39, 0.29) is 41.7 Å². The Bertz CT molecular complexity index is 1370. The Labute approximate surface area is 275 Å². The average Bonchev–Trinajstić information content (AvgIpc) is 2.92. The summed E-state index contributed by atoms with van der Waals surface area (Å²) in [6, 6.07) is 4.30. The first-order valence-electron chi connectivity index (χ1n) is 17.1. The topological polar surface area (TPSA) is 90.9 Å². The number of rotatable bonds is 11. The van der Waals surface area contributed by atoms with Gasteiger partial charge in [-0.3, -0.25) is 9.59 Å². The van der Waals surface area contributed by atoms with Crippen LogP contribution in [0.3, 0.4) is 0 Å². The summed E-state index contributed by atoms with van der Waals surface area (Å²) in [5.74, 6) is 1.61. The summed E-state index contributed by atoms with van der Waals surface area (Å²) in [5.41, 5.74) is 0.478. The van der Waals surface area contributed by atoms with Crippen molar-refractivity contribution in [1.29, 1.82) is 0 Å². The van der Waals surface area contributed by atoms with Gasteiger partial charge in [0.25, 0.3) is 5.91 Å². The van der Waals surface area contributed by atoms with Gasteiger partial charge in [-0.2, -0.15) is 0 Å². The molecule has 10 heteroatoms. The summed E-state index contributed by atoms with van der Waals surface area (Å²) in [5, 5.41) is 3.26. The van der Waals surface area contributed by atoms with Gasteiger partial charge in [-0.15, -0.1) is 0 Å². The van der Waals surface area contributed by atoms with Crippen LogP contribution in [0, 0.1) is 22.6 Å². The zero-order valence-corrected chi connectivity index (χ0v) is 28.8. The highest BCUT2D eigenvalue weighted by Crippen LogP contribution is 2.44. The van der Waals surface area contributed by atoms with Gasteiger partial charge in [-0.25, -0.2) is 14.4 Å². The van der Waals surface area contributed by atoms with Crippen molar-refractivity contribution in [3.05, 3.63) is 42.1 Å². The van der Waals surface area contributed by atoms with Gasteiger partial charge in [0.1, 0.15) is 17.9 Å². The third-order valence-corrected chi connectivity index (χ3v) is 9.62. The van der Waals surface area contributed by atoms with E-state index in [0.717, 1.165) is 51.5 Å². The van der Waals surface area contributed by atoms with E-state index in [1.54, 1.807) is 11.1 Å². The second-order valence-corrected chi connectivity index (χ2v) is 15.7. The second-order valence-electron chi connectivity index (χ2n) is 15.7. The first kappa shape index (κ1) is 34.1. The normalized spacial score (nSPS) is 21.2. The van der Waals surface area contributed by atoms with Crippen molar-refractivity contribution in [3.8, 4) is 11.5 Å². The maximum atomic E-state index is 14.3. The van der Waals surface area contributed by atoms with Crippen LogP contribution in [0.4, 0.5) is 10.2 Å². The lowest BCUT2D eigenvalue weighted by Gasteiger charge is -2.61. The van der Waals surface area contributed by atoms with Crippen LogP contribution in [-0.2, 0) is 4.79 Å². The third-order valence-electron chi connectivity index (χ3n) is 9.62. The first-order chi connectivity index (χ1) is 21.7. The van der Waals surface area contributed by atoms with E-state index in [1.165, 1.54) is 43.8 Å². The number of carbonyl (C=O) groups excluding carboxylic acids is 2. The molecular weight excluding hydrogens is 583 g/mol. The number of amides is 2. The lowest BCUT2D eigenvalue weighted by Crippen LogP contribution is -2.72. The van der Waals surface area contributed by atoms with E-state index in [1.807, 2.05) is 27.7 Å². The number of ether oxygens (including phenoxy) is 1. The Kier molecular flexibility index (Phi) is 10.3. The third kappa shape index (κ3) is 8.17. The molecule has 3 fully saturated rings. The van der Waals surface area contributed by atoms with Crippen molar-refractivity contribution < 1.29 is 20.1 Å². The number of carbonyl (C=O) groups is 2. The molecule has 2 aromatic rings. The number of anilines is 1. The largest absolute Gasteiger partial charge is 0.451 e. The van der Waals surface area contributed by atoms with Gasteiger partial charge in [0.15, 0.2) is 11.6 Å². The molecule has 0 radical (unpaired) electrons.